The van der Waals surface area contributed by atoms with Gasteiger partial charge in [0.15, 0.2) is 6.17 Å². The van der Waals surface area contributed by atoms with Crippen LogP contribution in [-0.4, -0.2) is 10.1 Å². The molecule has 0 aliphatic heterocycles. The summed E-state index contributed by atoms with van der Waals surface area (Å²) in [6.07, 6.45) is -1.15. The molecule has 0 bridgehead atoms. The lowest BCUT2D eigenvalue weighted by molar-refractivity contribution is 0.322. The Morgan fingerprint density at radius 1 is 1.36 bits per heavy atom. The zero-order valence-corrected chi connectivity index (χ0v) is 6.84. The molecule has 0 saturated carbocycles. The Hall–Kier alpha value is -0.930. The minimum Gasteiger partial charge on any atom is -0.339 e. The minimum absolute atomic E-state index is 0.133. The van der Waals surface area contributed by atoms with Crippen LogP contribution in [0.2, 0.25) is 0 Å². The second kappa shape index (κ2) is 2.98. The second-order valence-corrected chi connectivity index (χ2v) is 2.76. The highest BCUT2D eigenvalue weighted by atomic mass is 19.1. The van der Waals surface area contributed by atoms with Crippen LogP contribution in [-0.2, 0) is 0 Å². The molecule has 1 aromatic rings. The highest BCUT2D eigenvalue weighted by Crippen LogP contribution is 2.16. The Balaban J connectivity index is 2.82. The molecule has 0 spiro atoms. The Morgan fingerprint density at radius 3 is 2.27 bits per heavy atom. The van der Waals surface area contributed by atoms with E-state index in [1.807, 2.05) is 13.8 Å². The number of hydrogen-bond donors (Lipinski definition) is 0. The monoisotopic (exact) mass is 158 g/mol. The molecule has 1 atom stereocenters. The molecule has 11 heavy (non-hydrogen) atoms. The molecule has 0 fully saturated rings. The lowest BCUT2D eigenvalue weighted by Crippen LogP contribution is -1.90. The van der Waals surface area contributed by atoms with Crippen molar-refractivity contribution in [3.05, 3.63) is 11.7 Å². The van der Waals surface area contributed by atoms with Gasteiger partial charge in [0.2, 0.25) is 11.7 Å². The highest BCUT2D eigenvalue weighted by Gasteiger charge is 2.13. The Bertz CT molecular complexity index is 210. The molecule has 0 aliphatic carbocycles. The molecule has 0 aromatic carbocycles. The van der Waals surface area contributed by atoms with Gasteiger partial charge in [0, 0.05) is 5.92 Å². The lowest BCUT2D eigenvalue weighted by atomic mass is 10.2. The van der Waals surface area contributed by atoms with Crippen molar-refractivity contribution in [3.63, 3.8) is 0 Å². The first-order chi connectivity index (χ1) is 5.11. The maximum Gasteiger partial charge on any atom is 0.229 e. The van der Waals surface area contributed by atoms with Crippen LogP contribution in [0, 0.1) is 0 Å². The van der Waals surface area contributed by atoms with E-state index < -0.39 is 6.17 Å². The number of alkyl halides is 1. The van der Waals surface area contributed by atoms with Crippen molar-refractivity contribution in [3.8, 4) is 0 Å². The Morgan fingerprint density at radius 2 is 2.00 bits per heavy atom. The van der Waals surface area contributed by atoms with Gasteiger partial charge < -0.3 is 4.52 Å². The summed E-state index contributed by atoms with van der Waals surface area (Å²) in [5.41, 5.74) is 0. The summed E-state index contributed by atoms with van der Waals surface area (Å²) in [4.78, 5) is 3.86. The second-order valence-electron chi connectivity index (χ2n) is 2.76. The highest BCUT2D eigenvalue weighted by molar-refractivity contribution is 4.92. The molecule has 0 amide bonds. The molecule has 0 unspecified atom stereocenters. The first kappa shape index (κ1) is 8.17. The molecule has 62 valence electrons. The van der Waals surface area contributed by atoms with Crippen LogP contribution in [0.25, 0.3) is 0 Å². The van der Waals surface area contributed by atoms with Crippen molar-refractivity contribution in [2.45, 2.75) is 32.9 Å². The average molecular weight is 158 g/mol. The van der Waals surface area contributed by atoms with E-state index in [0.717, 1.165) is 0 Å². The Labute approximate surface area is 64.6 Å². The van der Waals surface area contributed by atoms with Gasteiger partial charge in [0.1, 0.15) is 0 Å². The van der Waals surface area contributed by atoms with Crippen molar-refractivity contribution >= 4 is 0 Å². The number of rotatable bonds is 2. The molecule has 1 aromatic heterocycles. The van der Waals surface area contributed by atoms with Crippen LogP contribution >= 0.6 is 0 Å². The van der Waals surface area contributed by atoms with Crippen LogP contribution in [0.15, 0.2) is 4.52 Å². The molecule has 0 aliphatic rings. The largest absolute Gasteiger partial charge is 0.339 e. The molecule has 3 nitrogen and oxygen atoms in total. The topological polar surface area (TPSA) is 38.9 Å². The predicted molar refractivity (Wildman–Crippen MR) is 37.9 cm³/mol. The summed E-state index contributed by atoms with van der Waals surface area (Å²) in [6.45, 7) is 5.22. The smallest absolute Gasteiger partial charge is 0.229 e. The van der Waals surface area contributed by atoms with Crippen LogP contribution in [0.3, 0.4) is 0 Å². The van der Waals surface area contributed by atoms with Gasteiger partial charge in [0.25, 0.3) is 0 Å². The fourth-order valence-electron chi connectivity index (χ4n) is 0.643. The first-order valence-corrected chi connectivity index (χ1v) is 3.59. The number of halogens is 1. The van der Waals surface area contributed by atoms with E-state index in [2.05, 4.69) is 10.1 Å². The molecular weight excluding hydrogens is 147 g/mol. The van der Waals surface area contributed by atoms with Crippen molar-refractivity contribution in [2.75, 3.05) is 0 Å². The van der Waals surface area contributed by atoms with E-state index in [4.69, 9.17) is 4.52 Å². The number of nitrogens with zero attached hydrogens (tertiary/aromatic N) is 2. The maximum absolute atomic E-state index is 12.5. The van der Waals surface area contributed by atoms with E-state index in [0.29, 0.717) is 5.89 Å². The molecule has 0 N–H and O–H groups in total. The van der Waals surface area contributed by atoms with Crippen LogP contribution in [0.4, 0.5) is 4.39 Å². The third kappa shape index (κ3) is 1.76. The first-order valence-electron chi connectivity index (χ1n) is 3.59. The maximum atomic E-state index is 12.5. The fourth-order valence-corrected chi connectivity index (χ4v) is 0.643. The van der Waals surface area contributed by atoms with Crippen LogP contribution < -0.4 is 0 Å². The SMILES string of the molecule is CC(C)c1nc([C@@H](C)F)no1. The van der Waals surface area contributed by atoms with Gasteiger partial charge in [-0.05, 0) is 6.92 Å². The molecule has 0 radical (unpaired) electrons. The summed E-state index contributed by atoms with van der Waals surface area (Å²) >= 11 is 0. The van der Waals surface area contributed by atoms with Gasteiger partial charge in [-0.3, -0.25) is 0 Å². The molecular formula is C7H11FN2O. The van der Waals surface area contributed by atoms with Gasteiger partial charge in [-0.1, -0.05) is 19.0 Å². The average Bonchev–Trinajstić information content (AvgIpc) is 2.33. The van der Waals surface area contributed by atoms with Gasteiger partial charge >= 0.3 is 0 Å². The molecule has 1 rings (SSSR count). The van der Waals surface area contributed by atoms with Gasteiger partial charge in [-0.2, -0.15) is 4.98 Å². The van der Waals surface area contributed by atoms with Crippen molar-refractivity contribution in [1.82, 2.24) is 10.1 Å². The summed E-state index contributed by atoms with van der Waals surface area (Å²) in [5, 5.41) is 3.48. The van der Waals surface area contributed by atoms with Gasteiger partial charge in [-0.15, -0.1) is 0 Å². The number of aromatic nitrogens is 2. The quantitative estimate of drug-likeness (QED) is 0.662. The zero-order chi connectivity index (χ0) is 8.43. The van der Waals surface area contributed by atoms with Crippen molar-refractivity contribution in [2.24, 2.45) is 0 Å². The third-order valence-corrected chi connectivity index (χ3v) is 1.31. The zero-order valence-electron chi connectivity index (χ0n) is 6.84. The summed E-state index contributed by atoms with van der Waals surface area (Å²) in [7, 11) is 0. The van der Waals surface area contributed by atoms with E-state index >= 15 is 0 Å². The van der Waals surface area contributed by atoms with E-state index in [9.17, 15) is 4.39 Å². The Kier molecular flexibility index (Phi) is 2.22. The normalized spacial score (nSPS) is 13.9. The van der Waals surface area contributed by atoms with Gasteiger partial charge in [-0.25, -0.2) is 4.39 Å². The predicted octanol–water partition coefficient (Wildman–Crippen LogP) is 2.22. The lowest BCUT2D eigenvalue weighted by Gasteiger charge is -1.92. The van der Waals surface area contributed by atoms with Crippen LogP contribution in [0.1, 0.15) is 44.6 Å². The number of hydrogen-bond acceptors (Lipinski definition) is 3. The van der Waals surface area contributed by atoms with Gasteiger partial charge in [0.05, 0.1) is 0 Å². The van der Waals surface area contributed by atoms with Crippen molar-refractivity contribution in [1.29, 1.82) is 0 Å². The summed E-state index contributed by atoms with van der Waals surface area (Å²) < 4.78 is 17.3. The molecule has 0 saturated heterocycles. The summed E-state index contributed by atoms with van der Waals surface area (Å²) in [5.74, 6) is 0.785. The van der Waals surface area contributed by atoms with E-state index in [1.54, 1.807) is 0 Å². The van der Waals surface area contributed by atoms with E-state index in [1.165, 1.54) is 6.92 Å². The fraction of sp³-hybridized carbons (Fsp3) is 0.714. The molecule has 4 heteroatoms. The third-order valence-electron chi connectivity index (χ3n) is 1.31. The standard InChI is InChI=1S/C7H11FN2O/c1-4(2)7-9-6(5(3)8)10-11-7/h4-5H,1-3H3/t5-/m1/s1. The minimum atomic E-state index is -1.15. The molecule has 1 heterocycles. The summed E-state index contributed by atoms with van der Waals surface area (Å²) in [6, 6.07) is 0. The van der Waals surface area contributed by atoms with E-state index in [-0.39, 0.29) is 11.7 Å². The van der Waals surface area contributed by atoms with Crippen LogP contribution in [0.5, 0.6) is 0 Å². The van der Waals surface area contributed by atoms with Crippen molar-refractivity contribution < 1.29 is 8.91 Å².